The minimum atomic E-state index is -0.929. The normalized spacial score (nSPS) is 16.9. The van der Waals surface area contributed by atoms with Crippen molar-refractivity contribution in [1.29, 1.82) is 0 Å². The fourth-order valence-corrected chi connectivity index (χ4v) is 6.29. The molecule has 0 radical (unpaired) electrons. The summed E-state index contributed by atoms with van der Waals surface area (Å²) in [6, 6.07) is 26.9. The largest absolute Gasteiger partial charge is 0.394 e. The first-order valence-electron chi connectivity index (χ1n) is 15.9. The van der Waals surface area contributed by atoms with E-state index in [0.717, 1.165) is 44.3 Å². The molecule has 47 heavy (non-hydrogen) atoms. The molecule has 0 saturated carbocycles. The number of aliphatic hydroxyl groups excluding tert-OH is 2. The maximum absolute atomic E-state index is 13.6. The number of hydrogen-bond acceptors (Lipinski definition) is 6. The number of β-amino-alcohol motifs (C(OH)–C–C–N with tert-alkyl or cyclic N) is 1. The van der Waals surface area contributed by atoms with Crippen molar-refractivity contribution >= 4 is 34.3 Å². The summed E-state index contributed by atoms with van der Waals surface area (Å²) in [6.07, 6.45) is 0.188. The van der Waals surface area contributed by atoms with Gasteiger partial charge in [-0.1, -0.05) is 78.9 Å². The van der Waals surface area contributed by atoms with Crippen LogP contribution in [-0.4, -0.2) is 58.9 Å². The summed E-state index contributed by atoms with van der Waals surface area (Å²) in [5.74, 6) is -0.649. The second-order valence-corrected chi connectivity index (χ2v) is 12.8. The summed E-state index contributed by atoms with van der Waals surface area (Å²) in [5.41, 5.74) is 10.4. The average molecular weight is 638 g/mol. The van der Waals surface area contributed by atoms with Crippen LogP contribution in [0.15, 0.2) is 84.9 Å². The van der Waals surface area contributed by atoms with Gasteiger partial charge in [0.05, 0.1) is 12.7 Å². The number of anilines is 1. The smallest absolute Gasteiger partial charge is 0.312 e. The van der Waals surface area contributed by atoms with Gasteiger partial charge in [0.25, 0.3) is 0 Å². The average Bonchev–Trinajstić information content (AvgIpc) is 3.18. The van der Waals surface area contributed by atoms with Crippen LogP contribution in [0.25, 0.3) is 21.9 Å². The first kappa shape index (κ1) is 33.6. The molecule has 1 aliphatic heterocycles. The van der Waals surface area contributed by atoms with Crippen molar-refractivity contribution in [2.75, 3.05) is 18.5 Å². The lowest BCUT2D eigenvalue weighted by molar-refractivity contribution is -0.127. The van der Waals surface area contributed by atoms with Gasteiger partial charge in [-0.25, -0.2) is 4.79 Å². The number of rotatable bonds is 12. The Morgan fingerprint density at radius 3 is 2.47 bits per heavy atom. The summed E-state index contributed by atoms with van der Waals surface area (Å²) in [4.78, 5) is 38.1. The van der Waals surface area contributed by atoms with Gasteiger partial charge in [-0.05, 0) is 77.3 Å². The van der Waals surface area contributed by atoms with Gasteiger partial charge in [-0.15, -0.1) is 0 Å². The number of primary amides is 1. The predicted molar refractivity (Wildman–Crippen MR) is 184 cm³/mol. The minimum absolute atomic E-state index is 0.0768. The molecule has 0 fully saturated rings. The van der Waals surface area contributed by atoms with Gasteiger partial charge in [0.2, 0.25) is 11.8 Å². The Morgan fingerprint density at radius 2 is 1.72 bits per heavy atom. The molecule has 5 rings (SSSR count). The van der Waals surface area contributed by atoms with E-state index in [-0.39, 0.29) is 37.3 Å². The van der Waals surface area contributed by atoms with Gasteiger partial charge < -0.3 is 37.2 Å². The van der Waals surface area contributed by atoms with Gasteiger partial charge in [0, 0.05) is 30.7 Å². The molecule has 0 saturated heterocycles. The Kier molecular flexibility index (Phi) is 10.6. The number of fused-ring (bicyclic) bond motifs is 3. The van der Waals surface area contributed by atoms with Crippen molar-refractivity contribution in [2.24, 2.45) is 5.73 Å². The highest BCUT2D eigenvalue weighted by atomic mass is 16.3. The molecule has 4 aromatic rings. The number of aliphatic hydroxyl groups is 2. The van der Waals surface area contributed by atoms with E-state index in [4.69, 9.17) is 10.8 Å². The van der Waals surface area contributed by atoms with Crippen LogP contribution in [0.2, 0.25) is 0 Å². The Hall–Kier alpha value is -4.77. The maximum atomic E-state index is 13.6. The van der Waals surface area contributed by atoms with Gasteiger partial charge in [0.1, 0.15) is 6.04 Å². The van der Waals surface area contributed by atoms with Crippen LogP contribution in [0.5, 0.6) is 0 Å². The number of hydrogen-bond donors (Lipinski definition) is 7. The Bertz CT molecular complexity index is 1740. The first-order chi connectivity index (χ1) is 22.5. The van der Waals surface area contributed by atoms with Crippen LogP contribution in [0.1, 0.15) is 49.3 Å². The number of urea groups is 1. The summed E-state index contributed by atoms with van der Waals surface area (Å²) < 4.78 is 0. The fraction of sp³-hybridized carbons (Fsp3) is 0.324. The second kappa shape index (κ2) is 14.8. The molecule has 10 nitrogen and oxygen atoms in total. The lowest BCUT2D eigenvalue weighted by atomic mass is 9.83. The monoisotopic (exact) mass is 637 g/mol. The van der Waals surface area contributed by atoms with Crippen LogP contribution in [0, 0.1) is 0 Å². The zero-order valence-corrected chi connectivity index (χ0v) is 26.8. The third-order valence-corrected chi connectivity index (χ3v) is 8.66. The fourth-order valence-electron chi connectivity index (χ4n) is 6.29. The summed E-state index contributed by atoms with van der Waals surface area (Å²) >= 11 is 0. The van der Waals surface area contributed by atoms with Crippen LogP contribution in [0.4, 0.5) is 10.5 Å². The zero-order chi connectivity index (χ0) is 33.6. The molecule has 0 aromatic heterocycles. The van der Waals surface area contributed by atoms with Gasteiger partial charge in [-0.3, -0.25) is 9.59 Å². The van der Waals surface area contributed by atoms with E-state index in [1.807, 2.05) is 62.4 Å². The number of carbonyl (C=O) groups is 3. The lowest BCUT2D eigenvalue weighted by Gasteiger charge is -2.28. The minimum Gasteiger partial charge on any atom is -0.394 e. The van der Waals surface area contributed by atoms with Crippen molar-refractivity contribution in [3.63, 3.8) is 0 Å². The van der Waals surface area contributed by atoms with Crippen molar-refractivity contribution in [3.05, 3.63) is 102 Å². The number of carbonyl (C=O) groups excluding carboxylic acids is 3. The molecule has 1 aliphatic rings. The molecule has 0 bridgehead atoms. The molecule has 1 unspecified atom stereocenters. The molecule has 10 heteroatoms. The number of benzene rings is 4. The maximum Gasteiger partial charge on any atom is 0.312 e. The van der Waals surface area contributed by atoms with Crippen LogP contribution in [0.3, 0.4) is 0 Å². The summed E-state index contributed by atoms with van der Waals surface area (Å²) in [6.45, 7) is 3.76. The van der Waals surface area contributed by atoms with Crippen molar-refractivity contribution in [1.82, 2.24) is 16.0 Å². The Labute approximate surface area is 274 Å². The molecule has 0 aliphatic carbocycles. The van der Waals surface area contributed by atoms with E-state index in [1.165, 1.54) is 0 Å². The molecule has 4 aromatic carbocycles. The third-order valence-electron chi connectivity index (χ3n) is 8.66. The van der Waals surface area contributed by atoms with Crippen molar-refractivity contribution in [2.45, 2.75) is 63.3 Å². The van der Waals surface area contributed by atoms with Crippen molar-refractivity contribution in [3.8, 4) is 11.1 Å². The standard InChI is InChI=1S/C37H43N5O5/c1-37(2,40-21-28(44)22-43)19-33(45)41-32-18-27(34-30-10-6-3-7-24(30)15-16-31(34)42-35(32)46)17-23-11-13-25(14-12-23)29-9-5-4-8-26(29)20-39-36(38)47/h3-16,27-28,32,40,43-44H,17-22H2,1-2H3,(H,41,45)(H,42,46)(H3,38,39,47)/t27?,28-,32+/m0/s1. The van der Waals surface area contributed by atoms with Gasteiger partial charge >= 0.3 is 6.03 Å². The topological polar surface area (TPSA) is 166 Å². The van der Waals surface area contributed by atoms with E-state index >= 15 is 0 Å². The highest BCUT2D eigenvalue weighted by molar-refractivity contribution is 6.02. The van der Waals surface area contributed by atoms with Crippen molar-refractivity contribution < 1.29 is 24.6 Å². The van der Waals surface area contributed by atoms with Gasteiger partial charge in [-0.2, -0.15) is 0 Å². The summed E-state index contributed by atoms with van der Waals surface area (Å²) in [7, 11) is 0. The third kappa shape index (κ3) is 8.53. The highest BCUT2D eigenvalue weighted by Crippen LogP contribution is 2.39. The van der Waals surface area contributed by atoms with Crippen LogP contribution < -0.4 is 27.0 Å². The molecule has 3 atom stereocenters. The Balaban J connectivity index is 1.40. The number of amides is 4. The summed E-state index contributed by atoms with van der Waals surface area (Å²) in [5, 5.41) is 32.8. The molecular weight excluding hydrogens is 594 g/mol. The first-order valence-corrected chi connectivity index (χ1v) is 15.9. The lowest BCUT2D eigenvalue weighted by Crippen LogP contribution is -2.50. The quantitative estimate of drug-likeness (QED) is 0.124. The second-order valence-electron chi connectivity index (χ2n) is 12.8. The molecule has 8 N–H and O–H groups in total. The van der Waals surface area contributed by atoms with E-state index in [0.29, 0.717) is 19.4 Å². The van der Waals surface area contributed by atoms with E-state index in [9.17, 15) is 19.5 Å². The molecule has 4 amide bonds. The zero-order valence-electron chi connectivity index (χ0n) is 26.8. The molecule has 1 heterocycles. The van der Waals surface area contributed by atoms with Gasteiger partial charge in [0.15, 0.2) is 0 Å². The SMILES string of the molecule is CC(C)(CC(=O)N[C@@H]1CC(Cc2ccc(-c3ccccc3CNC(N)=O)cc2)c2c(ccc3ccccc23)NC1=O)NC[C@H](O)CO. The van der Waals surface area contributed by atoms with Crippen LogP contribution >= 0.6 is 0 Å². The van der Waals surface area contributed by atoms with E-state index < -0.39 is 23.7 Å². The molecule has 0 spiro atoms. The molecule has 246 valence electrons. The number of nitrogens with two attached hydrogens (primary N) is 1. The van der Waals surface area contributed by atoms with E-state index in [1.54, 1.807) is 0 Å². The van der Waals surface area contributed by atoms with E-state index in [2.05, 4.69) is 57.7 Å². The molecular formula is C37H43N5O5. The highest BCUT2D eigenvalue weighted by Gasteiger charge is 2.33. The Morgan fingerprint density at radius 1 is 1.00 bits per heavy atom. The number of nitrogens with one attached hydrogen (secondary N) is 4. The van der Waals surface area contributed by atoms with Crippen LogP contribution in [-0.2, 0) is 22.6 Å². The predicted octanol–water partition coefficient (Wildman–Crippen LogP) is 3.94.